The Labute approximate surface area is 160 Å². The van der Waals surface area contributed by atoms with Gasteiger partial charge in [0.25, 0.3) is 0 Å². The molecule has 0 radical (unpaired) electrons. The number of carbonyl (C=O) groups excluding carboxylic acids is 2. The maximum Gasteiger partial charge on any atom is 0.321 e. The summed E-state index contributed by atoms with van der Waals surface area (Å²) >= 11 is 0. The first-order valence-corrected chi connectivity index (χ1v) is 9.22. The first kappa shape index (κ1) is 18.9. The van der Waals surface area contributed by atoms with Gasteiger partial charge in [-0.2, -0.15) is 0 Å². The normalized spacial score (nSPS) is 16.5. The van der Waals surface area contributed by atoms with Crippen LogP contribution in [0.15, 0.2) is 36.4 Å². The van der Waals surface area contributed by atoms with Gasteiger partial charge in [-0.05, 0) is 63.1 Å². The summed E-state index contributed by atoms with van der Waals surface area (Å²) in [6, 6.07) is 11.4. The van der Waals surface area contributed by atoms with Gasteiger partial charge in [0.15, 0.2) is 0 Å². The van der Waals surface area contributed by atoms with Crippen molar-refractivity contribution in [1.29, 1.82) is 0 Å². The smallest absolute Gasteiger partial charge is 0.321 e. The molecule has 1 aliphatic rings. The van der Waals surface area contributed by atoms with E-state index in [2.05, 4.69) is 10.3 Å². The number of pyridine rings is 1. The maximum atomic E-state index is 12.6. The molecule has 6 nitrogen and oxygen atoms in total. The van der Waals surface area contributed by atoms with E-state index in [4.69, 9.17) is 0 Å². The van der Waals surface area contributed by atoms with E-state index < -0.39 is 0 Å². The van der Waals surface area contributed by atoms with Crippen molar-refractivity contribution in [3.8, 4) is 0 Å². The van der Waals surface area contributed by atoms with Gasteiger partial charge in [0.05, 0.1) is 12.2 Å². The number of benzene rings is 1. The number of carbonyl (C=O) groups is 2. The number of hydrogen-bond acceptors (Lipinski definition) is 3. The number of aromatic nitrogens is 1. The molecule has 1 fully saturated rings. The average molecular weight is 366 g/mol. The lowest BCUT2D eigenvalue weighted by Crippen LogP contribution is -2.32. The summed E-state index contributed by atoms with van der Waals surface area (Å²) in [5, 5.41) is 2.91. The zero-order valence-electron chi connectivity index (χ0n) is 16.3. The van der Waals surface area contributed by atoms with Crippen molar-refractivity contribution >= 4 is 23.3 Å². The predicted molar refractivity (Wildman–Crippen MR) is 107 cm³/mol. The Morgan fingerprint density at radius 2 is 2.07 bits per heavy atom. The summed E-state index contributed by atoms with van der Waals surface area (Å²) in [6.07, 6.45) is 1.43. The molecular weight excluding hydrogens is 340 g/mol. The van der Waals surface area contributed by atoms with Crippen LogP contribution in [0.4, 0.5) is 16.2 Å². The molecule has 6 heteroatoms. The minimum atomic E-state index is -0.214. The van der Waals surface area contributed by atoms with Crippen LogP contribution in [0.3, 0.4) is 0 Å². The first-order chi connectivity index (χ1) is 12.8. The first-order valence-electron chi connectivity index (χ1n) is 9.22. The third-order valence-corrected chi connectivity index (χ3v) is 4.76. The monoisotopic (exact) mass is 366 g/mol. The van der Waals surface area contributed by atoms with Crippen LogP contribution < -0.4 is 10.2 Å². The number of urea groups is 1. The molecule has 0 aliphatic carbocycles. The molecule has 2 aromatic rings. The molecule has 2 heterocycles. The van der Waals surface area contributed by atoms with Crippen LogP contribution in [0.1, 0.15) is 36.7 Å². The number of anilines is 2. The lowest BCUT2D eigenvalue weighted by atomic mass is 10.2. The van der Waals surface area contributed by atoms with E-state index in [9.17, 15) is 9.59 Å². The molecule has 1 N–H and O–H groups in total. The molecule has 27 heavy (non-hydrogen) atoms. The van der Waals surface area contributed by atoms with Crippen molar-refractivity contribution in [2.75, 3.05) is 17.3 Å². The second-order valence-corrected chi connectivity index (χ2v) is 7.27. The summed E-state index contributed by atoms with van der Waals surface area (Å²) < 4.78 is 0. The summed E-state index contributed by atoms with van der Waals surface area (Å²) in [5.74, 6) is 0.129. The van der Waals surface area contributed by atoms with E-state index in [-0.39, 0.29) is 18.0 Å². The van der Waals surface area contributed by atoms with E-state index in [1.54, 1.807) is 16.8 Å². The van der Waals surface area contributed by atoms with Crippen LogP contribution in [0.25, 0.3) is 0 Å². The molecule has 0 saturated carbocycles. The minimum Gasteiger partial charge on any atom is -0.322 e. The molecule has 0 bridgehead atoms. The van der Waals surface area contributed by atoms with E-state index in [0.29, 0.717) is 18.7 Å². The van der Waals surface area contributed by atoms with Gasteiger partial charge in [-0.3, -0.25) is 9.78 Å². The molecule has 3 amide bonds. The van der Waals surface area contributed by atoms with Gasteiger partial charge in [-0.25, -0.2) is 4.79 Å². The Balaban J connectivity index is 1.68. The molecule has 1 aliphatic heterocycles. The fraction of sp³-hybridized carbons (Fsp3) is 0.381. The van der Waals surface area contributed by atoms with Gasteiger partial charge >= 0.3 is 6.03 Å². The van der Waals surface area contributed by atoms with Gasteiger partial charge in [0.2, 0.25) is 5.91 Å². The maximum absolute atomic E-state index is 12.6. The number of hydrogen-bond donors (Lipinski definition) is 1. The van der Waals surface area contributed by atoms with Crippen LogP contribution >= 0.6 is 0 Å². The highest BCUT2D eigenvalue weighted by Crippen LogP contribution is 2.28. The largest absolute Gasteiger partial charge is 0.322 e. The molecule has 3 rings (SSSR count). The highest BCUT2D eigenvalue weighted by molar-refractivity contribution is 5.97. The fourth-order valence-electron chi connectivity index (χ4n) is 3.50. The second-order valence-electron chi connectivity index (χ2n) is 7.27. The lowest BCUT2D eigenvalue weighted by molar-refractivity contribution is -0.117. The molecule has 142 valence electrons. The van der Waals surface area contributed by atoms with Crippen LogP contribution in [-0.4, -0.2) is 34.9 Å². The highest BCUT2D eigenvalue weighted by atomic mass is 16.2. The number of rotatable bonds is 4. The summed E-state index contributed by atoms with van der Waals surface area (Å²) in [4.78, 5) is 32.5. The van der Waals surface area contributed by atoms with Crippen LogP contribution in [0.2, 0.25) is 0 Å². The van der Waals surface area contributed by atoms with Gasteiger partial charge < -0.3 is 15.1 Å². The van der Waals surface area contributed by atoms with Gasteiger partial charge in [-0.15, -0.1) is 0 Å². The molecule has 1 aromatic carbocycles. The third-order valence-electron chi connectivity index (χ3n) is 4.76. The van der Waals surface area contributed by atoms with Crippen molar-refractivity contribution in [3.05, 3.63) is 53.3 Å². The highest BCUT2D eigenvalue weighted by Gasteiger charge is 2.28. The fourth-order valence-corrected chi connectivity index (χ4v) is 3.50. The second kappa shape index (κ2) is 7.78. The van der Waals surface area contributed by atoms with Crippen molar-refractivity contribution in [2.24, 2.45) is 0 Å². The van der Waals surface area contributed by atoms with Crippen molar-refractivity contribution in [3.63, 3.8) is 0 Å². The quantitative estimate of drug-likeness (QED) is 0.893. The molecule has 0 spiro atoms. The number of amides is 3. The molecule has 1 saturated heterocycles. The molecule has 1 unspecified atom stereocenters. The zero-order chi connectivity index (χ0) is 19.6. The van der Waals surface area contributed by atoms with Gasteiger partial charge in [-0.1, -0.05) is 6.07 Å². The number of aryl methyl sites for hydroxylation is 2. The standard InChI is InChI=1S/C21H26N4O2/c1-14-10-15(2)22-18(11-14)13-24(4)21(27)23-17-6-5-7-19(12-17)25-16(3)8-9-20(25)26/h5-7,10-12,16H,8-9,13H2,1-4H3,(H,23,27). The van der Waals surface area contributed by atoms with E-state index >= 15 is 0 Å². The lowest BCUT2D eigenvalue weighted by Gasteiger charge is -2.23. The van der Waals surface area contributed by atoms with Crippen LogP contribution in [0.5, 0.6) is 0 Å². The SMILES string of the molecule is Cc1cc(C)nc(CN(C)C(=O)Nc2cccc(N3C(=O)CCC3C)c2)c1. The van der Waals surface area contributed by atoms with Gasteiger partial charge in [0, 0.05) is 36.6 Å². The Morgan fingerprint density at radius 3 is 2.74 bits per heavy atom. The number of nitrogens with one attached hydrogen (secondary N) is 1. The summed E-state index contributed by atoms with van der Waals surface area (Å²) in [6.45, 7) is 6.43. The third kappa shape index (κ3) is 4.45. The van der Waals surface area contributed by atoms with Crippen molar-refractivity contribution in [2.45, 2.75) is 46.2 Å². The number of nitrogens with zero attached hydrogens (tertiary/aromatic N) is 3. The van der Waals surface area contributed by atoms with E-state index in [0.717, 1.165) is 29.1 Å². The Bertz CT molecular complexity index is 845. The van der Waals surface area contributed by atoms with Crippen molar-refractivity contribution < 1.29 is 9.59 Å². The van der Waals surface area contributed by atoms with Crippen LogP contribution in [0, 0.1) is 13.8 Å². The van der Waals surface area contributed by atoms with Gasteiger partial charge in [0.1, 0.15) is 0 Å². The molecule has 1 aromatic heterocycles. The van der Waals surface area contributed by atoms with Crippen LogP contribution in [-0.2, 0) is 11.3 Å². The predicted octanol–water partition coefficient (Wildman–Crippen LogP) is 3.88. The van der Waals surface area contributed by atoms with Crippen molar-refractivity contribution in [1.82, 2.24) is 9.88 Å². The molecule has 1 atom stereocenters. The van der Waals surface area contributed by atoms with E-state index in [1.165, 1.54) is 0 Å². The Morgan fingerprint density at radius 1 is 1.30 bits per heavy atom. The zero-order valence-corrected chi connectivity index (χ0v) is 16.3. The topological polar surface area (TPSA) is 65.5 Å². The van der Waals surface area contributed by atoms with E-state index in [1.807, 2.05) is 57.2 Å². The molecular formula is C21H26N4O2. The summed E-state index contributed by atoms with van der Waals surface area (Å²) in [5.41, 5.74) is 4.42. The Kier molecular flexibility index (Phi) is 5.44. The Hall–Kier alpha value is -2.89. The summed E-state index contributed by atoms with van der Waals surface area (Å²) in [7, 11) is 1.74. The minimum absolute atomic E-state index is 0.129. The average Bonchev–Trinajstić information content (AvgIpc) is 2.92.